The fraction of sp³-hybridized carbons (Fsp3) is 0.300. The SMILES string of the molecule is O=C1C2CCCCC2C(=O)N1c1ccc(Oc2ccccc2)cc1. The van der Waals surface area contributed by atoms with E-state index in [0.29, 0.717) is 11.4 Å². The Morgan fingerprint density at radius 2 is 1.29 bits per heavy atom. The van der Waals surface area contributed by atoms with Crippen LogP contribution < -0.4 is 9.64 Å². The van der Waals surface area contributed by atoms with Crippen molar-refractivity contribution in [1.29, 1.82) is 0 Å². The van der Waals surface area contributed by atoms with Crippen LogP contribution in [0, 0.1) is 11.8 Å². The van der Waals surface area contributed by atoms with Crippen LogP contribution in [-0.4, -0.2) is 11.8 Å². The molecule has 2 unspecified atom stereocenters. The number of carbonyl (C=O) groups is 2. The second-order valence-corrected chi connectivity index (χ2v) is 6.42. The van der Waals surface area contributed by atoms with Gasteiger partial charge in [-0.1, -0.05) is 31.0 Å². The summed E-state index contributed by atoms with van der Waals surface area (Å²) < 4.78 is 5.76. The van der Waals surface area contributed by atoms with Crippen LogP contribution in [0.15, 0.2) is 54.6 Å². The Labute approximate surface area is 141 Å². The number of hydrogen-bond acceptors (Lipinski definition) is 3. The largest absolute Gasteiger partial charge is 0.457 e. The number of benzene rings is 2. The minimum atomic E-state index is -0.119. The van der Waals surface area contributed by atoms with E-state index in [9.17, 15) is 9.59 Å². The quantitative estimate of drug-likeness (QED) is 0.798. The molecule has 2 aromatic rings. The average molecular weight is 321 g/mol. The normalized spacial score (nSPS) is 23.2. The first-order valence-corrected chi connectivity index (χ1v) is 8.45. The third kappa shape index (κ3) is 2.58. The van der Waals surface area contributed by atoms with Crippen molar-refractivity contribution in [3.05, 3.63) is 54.6 Å². The number of fused-ring (bicyclic) bond motifs is 1. The van der Waals surface area contributed by atoms with Crippen molar-refractivity contribution in [3.63, 3.8) is 0 Å². The third-order valence-electron chi connectivity index (χ3n) is 4.91. The number of anilines is 1. The molecule has 1 saturated heterocycles. The van der Waals surface area contributed by atoms with Gasteiger partial charge < -0.3 is 4.74 Å². The minimum absolute atomic E-state index is 0.0403. The highest BCUT2D eigenvalue weighted by atomic mass is 16.5. The minimum Gasteiger partial charge on any atom is -0.457 e. The summed E-state index contributed by atoms with van der Waals surface area (Å²) in [7, 11) is 0. The lowest BCUT2D eigenvalue weighted by molar-refractivity contribution is -0.122. The van der Waals surface area contributed by atoms with Crippen LogP contribution >= 0.6 is 0 Å². The summed E-state index contributed by atoms with van der Waals surface area (Å²) in [6, 6.07) is 16.7. The van der Waals surface area contributed by atoms with Gasteiger partial charge in [0.2, 0.25) is 11.8 Å². The van der Waals surface area contributed by atoms with Crippen LogP contribution in [0.2, 0.25) is 0 Å². The number of para-hydroxylation sites is 1. The highest BCUT2D eigenvalue weighted by Crippen LogP contribution is 2.40. The van der Waals surface area contributed by atoms with Crippen molar-refractivity contribution in [2.45, 2.75) is 25.7 Å². The van der Waals surface area contributed by atoms with E-state index in [0.717, 1.165) is 31.4 Å². The van der Waals surface area contributed by atoms with Crippen molar-refractivity contribution < 1.29 is 14.3 Å². The lowest BCUT2D eigenvalue weighted by Gasteiger charge is -2.19. The van der Waals surface area contributed by atoms with Crippen molar-refractivity contribution >= 4 is 17.5 Å². The standard InChI is InChI=1S/C20H19NO3/c22-19-17-8-4-5-9-18(17)20(23)21(19)14-10-12-16(13-11-14)24-15-6-2-1-3-7-15/h1-3,6-7,10-13,17-18H,4-5,8-9H2. The van der Waals surface area contributed by atoms with Gasteiger partial charge in [0.05, 0.1) is 17.5 Å². The topological polar surface area (TPSA) is 46.6 Å². The molecule has 0 N–H and O–H groups in total. The second-order valence-electron chi connectivity index (χ2n) is 6.42. The van der Waals surface area contributed by atoms with Gasteiger partial charge >= 0.3 is 0 Å². The van der Waals surface area contributed by atoms with Gasteiger partial charge in [0.1, 0.15) is 11.5 Å². The number of carbonyl (C=O) groups excluding carboxylic acids is 2. The summed E-state index contributed by atoms with van der Waals surface area (Å²) in [5, 5.41) is 0. The number of imide groups is 1. The molecule has 4 nitrogen and oxygen atoms in total. The highest BCUT2D eigenvalue weighted by molar-refractivity contribution is 6.22. The van der Waals surface area contributed by atoms with E-state index in [1.165, 1.54) is 4.90 Å². The van der Waals surface area contributed by atoms with Gasteiger partial charge in [-0.15, -0.1) is 0 Å². The van der Waals surface area contributed by atoms with Crippen molar-refractivity contribution in [2.75, 3.05) is 4.90 Å². The lowest BCUT2D eigenvalue weighted by Crippen LogP contribution is -2.30. The molecule has 24 heavy (non-hydrogen) atoms. The summed E-state index contributed by atoms with van der Waals surface area (Å²) in [6.45, 7) is 0. The van der Waals surface area contributed by atoms with E-state index in [1.54, 1.807) is 24.3 Å². The van der Waals surface area contributed by atoms with E-state index < -0.39 is 0 Å². The molecule has 0 aromatic heterocycles. The molecule has 0 spiro atoms. The van der Waals surface area contributed by atoms with Crippen LogP contribution in [0.4, 0.5) is 5.69 Å². The predicted molar refractivity (Wildman–Crippen MR) is 90.9 cm³/mol. The number of ether oxygens (including phenoxy) is 1. The molecule has 1 aliphatic carbocycles. The van der Waals surface area contributed by atoms with Gasteiger partial charge in [-0.25, -0.2) is 0 Å². The molecule has 2 amide bonds. The maximum atomic E-state index is 12.6. The maximum Gasteiger partial charge on any atom is 0.237 e. The molecule has 2 atom stereocenters. The Kier molecular flexibility index (Phi) is 3.81. The summed E-state index contributed by atoms with van der Waals surface area (Å²) in [4.78, 5) is 26.6. The van der Waals surface area contributed by atoms with E-state index in [4.69, 9.17) is 4.74 Å². The zero-order valence-electron chi connectivity index (χ0n) is 13.4. The number of rotatable bonds is 3. The monoisotopic (exact) mass is 321 g/mol. The summed E-state index contributed by atoms with van der Waals surface area (Å²) in [5.41, 5.74) is 0.639. The third-order valence-corrected chi connectivity index (χ3v) is 4.91. The zero-order valence-corrected chi connectivity index (χ0v) is 13.4. The Balaban J connectivity index is 1.54. The van der Waals surface area contributed by atoms with Crippen LogP contribution in [0.25, 0.3) is 0 Å². The Hall–Kier alpha value is -2.62. The van der Waals surface area contributed by atoms with Gasteiger partial charge in [0.25, 0.3) is 0 Å². The van der Waals surface area contributed by atoms with Gasteiger partial charge in [-0.3, -0.25) is 14.5 Å². The molecule has 0 bridgehead atoms. The van der Waals surface area contributed by atoms with Crippen LogP contribution in [-0.2, 0) is 9.59 Å². The number of hydrogen-bond donors (Lipinski definition) is 0. The van der Waals surface area contributed by atoms with E-state index in [1.807, 2.05) is 30.3 Å². The van der Waals surface area contributed by atoms with Crippen LogP contribution in [0.3, 0.4) is 0 Å². The first kappa shape index (κ1) is 14.9. The Bertz CT molecular complexity index is 730. The smallest absolute Gasteiger partial charge is 0.237 e. The molecule has 0 radical (unpaired) electrons. The molecule has 1 saturated carbocycles. The maximum absolute atomic E-state index is 12.6. The van der Waals surface area contributed by atoms with Crippen molar-refractivity contribution in [2.24, 2.45) is 11.8 Å². The molecule has 2 aliphatic rings. The molecule has 2 fully saturated rings. The molecule has 122 valence electrons. The molecule has 4 heteroatoms. The molecular weight excluding hydrogens is 302 g/mol. The number of amides is 2. The summed E-state index contributed by atoms with van der Waals surface area (Å²) >= 11 is 0. The predicted octanol–water partition coefficient (Wildman–Crippen LogP) is 4.16. The van der Waals surface area contributed by atoms with Crippen molar-refractivity contribution in [1.82, 2.24) is 0 Å². The highest BCUT2D eigenvalue weighted by Gasteiger charge is 2.48. The van der Waals surface area contributed by atoms with Crippen molar-refractivity contribution in [3.8, 4) is 11.5 Å². The number of nitrogens with zero attached hydrogens (tertiary/aromatic N) is 1. The molecule has 1 heterocycles. The average Bonchev–Trinajstić information content (AvgIpc) is 2.88. The van der Waals surface area contributed by atoms with Gasteiger partial charge in [-0.05, 0) is 49.2 Å². The first-order chi connectivity index (χ1) is 11.7. The molecule has 4 rings (SSSR count). The fourth-order valence-electron chi connectivity index (χ4n) is 3.70. The fourth-order valence-corrected chi connectivity index (χ4v) is 3.70. The lowest BCUT2D eigenvalue weighted by atomic mass is 9.81. The van der Waals surface area contributed by atoms with Gasteiger partial charge in [0, 0.05) is 0 Å². The zero-order chi connectivity index (χ0) is 16.5. The first-order valence-electron chi connectivity index (χ1n) is 8.45. The Morgan fingerprint density at radius 1 is 0.750 bits per heavy atom. The van der Waals surface area contributed by atoms with Crippen LogP contribution in [0.5, 0.6) is 11.5 Å². The second kappa shape index (κ2) is 6.11. The van der Waals surface area contributed by atoms with Crippen LogP contribution in [0.1, 0.15) is 25.7 Å². The summed E-state index contributed by atoms with van der Waals surface area (Å²) in [6.07, 6.45) is 3.75. The van der Waals surface area contributed by atoms with Gasteiger partial charge in [-0.2, -0.15) is 0 Å². The molecular formula is C20H19NO3. The molecule has 2 aromatic carbocycles. The van der Waals surface area contributed by atoms with E-state index >= 15 is 0 Å². The summed E-state index contributed by atoms with van der Waals surface area (Å²) in [5.74, 6) is 1.12. The molecule has 1 aliphatic heterocycles. The van der Waals surface area contributed by atoms with E-state index in [2.05, 4.69) is 0 Å². The Morgan fingerprint density at radius 3 is 1.88 bits per heavy atom. The van der Waals surface area contributed by atoms with E-state index in [-0.39, 0.29) is 23.7 Å². The van der Waals surface area contributed by atoms with Gasteiger partial charge in [0.15, 0.2) is 0 Å².